The summed E-state index contributed by atoms with van der Waals surface area (Å²) in [7, 11) is 0. The zero-order valence-electron chi connectivity index (χ0n) is 9.88. The molecule has 0 N–H and O–H groups in total. The molecule has 1 aliphatic heterocycles. The van der Waals surface area contributed by atoms with E-state index in [4.69, 9.17) is 0 Å². The third-order valence-corrected chi connectivity index (χ3v) is 2.88. The molecule has 0 spiro atoms. The number of halogens is 3. The topological polar surface area (TPSA) is 32.7 Å². The zero-order chi connectivity index (χ0) is 13.4. The van der Waals surface area contributed by atoms with Gasteiger partial charge in [-0.1, -0.05) is 6.92 Å². The molecular weight excluding hydrogens is 245 g/mol. The van der Waals surface area contributed by atoms with Gasteiger partial charge in [-0.05, 0) is 13.3 Å². The lowest BCUT2D eigenvalue weighted by Crippen LogP contribution is -2.25. The molecule has 0 saturated heterocycles. The molecule has 0 bridgehead atoms. The number of hydrogen-bond donors (Lipinski definition) is 0. The van der Waals surface area contributed by atoms with E-state index in [1.54, 1.807) is 6.92 Å². The lowest BCUT2D eigenvalue weighted by molar-refractivity contribution is -0.119. The van der Waals surface area contributed by atoms with E-state index < -0.39 is 23.4 Å². The summed E-state index contributed by atoms with van der Waals surface area (Å²) in [5.41, 5.74) is 0.525. The zero-order valence-corrected chi connectivity index (χ0v) is 9.88. The maximum Gasteiger partial charge on any atom is 0.255 e. The second-order valence-electron chi connectivity index (χ2n) is 4.04. The fraction of sp³-hybridized carbons (Fsp3) is 0.333. The summed E-state index contributed by atoms with van der Waals surface area (Å²) >= 11 is 0. The molecule has 2 rings (SSSR count). The minimum absolute atomic E-state index is 0.105. The SMILES string of the molecule is CCC1=NN(c2cc(F)c(F)c(F)c2)C(=O)C1C. The molecule has 1 unspecified atom stereocenters. The highest BCUT2D eigenvalue weighted by Gasteiger charge is 2.32. The molecule has 1 heterocycles. The van der Waals surface area contributed by atoms with Crippen LogP contribution in [0.4, 0.5) is 18.9 Å². The molecule has 96 valence electrons. The number of benzene rings is 1. The van der Waals surface area contributed by atoms with Crippen LogP contribution in [0.25, 0.3) is 0 Å². The van der Waals surface area contributed by atoms with Crippen molar-refractivity contribution in [3.8, 4) is 0 Å². The molecular formula is C12H11F3N2O. The first-order valence-electron chi connectivity index (χ1n) is 5.51. The molecule has 1 aromatic rings. The van der Waals surface area contributed by atoms with Crippen LogP contribution in [0.15, 0.2) is 17.2 Å². The van der Waals surface area contributed by atoms with Gasteiger partial charge in [0.05, 0.1) is 17.3 Å². The van der Waals surface area contributed by atoms with Crippen molar-refractivity contribution in [3.63, 3.8) is 0 Å². The van der Waals surface area contributed by atoms with E-state index in [0.717, 1.165) is 17.1 Å². The van der Waals surface area contributed by atoms with Crippen LogP contribution in [0, 0.1) is 23.4 Å². The molecule has 18 heavy (non-hydrogen) atoms. The Hall–Kier alpha value is -1.85. The molecule has 0 aromatic heterocycles. The van der Waals surface area contributed by atoms with Gasteiger partial charge in [-0.3, -0.25) is 4.79 Å². The fourth-order valence-corrected chi connectivity index (χ4v) is 1.82. The number of hydrazone groups is 1. The van der Waals surface area contributed by atoms with Crippen LogP contribution < -0.4 is 5.01 Å². The van der Waals surface area contributed by atoms with Crippen molar-refractivity contribution < 1.29 is 18.0 Å². The van der Waals surface area contributed by atoms with E-state index in [2.05, 4.69) is 5.10 Å². The van der Waals surface area contributed by atoms with E-state index in [0.29, 0.717) is 12.1 Å². The number of nitrogens with zero attached hydrogens (tertiary/aromatic N) is 2. The summed E-state index contributed by atoms with van der Waals surface area (Å²) < 4.78 is 39.0. The molecule has 1 atom stereocenters. The Balaban J connectivity index is 2.45. The second-order valence-corrected chi connectivity index (χ2v) is 4.04. The van der Waals surface area contributed by atoms with Crippen molar-refractivity contribution in [3.05, 3.63) is 29.6 Å². The van der Waals surface area contributed by atoms with E-state index in [9.17, 15) is 18.0 Å². The molecule has 1 aromatic carbocycles. The maximum atomic E-state index is 13.1. The van der Waals surface area contributed by atoms with E-state index in [-0.39, 0.29) is 11.6 Å². The fourth-order valence-electron chi connectivity index (χ4n) is 1.82. The molecule has 1 amide bonds. The Morgan fingerprint density at radius 1 is 1.28 bits per heavy atom. The Bertz CT molecular complexity index is 519. The average Bonchev–Trinajstić information content (AvgIpc) is 2.62. The molecule has 0 aliphatic carbocycles. The van der Waals surface area contributed by atoms with Crippen LogP contribution in [0.2, 0.25) is 0 Å². The van der Waals surface area contributed by atoms with Crippen molar-refractivity contribution >= 4 is 17.3 Å². The first kappa shape index (κ1) is 12.6. The number of amides is 1. The van der Waals surface area contributed by atoms with Crippen molar-refractivity contribution in [1.82, 2.24) is 0 Å². The van der Waals surface area contributed by atoms with Gasteiger partial charge in [0.15, 0.2) is 17.5 Å². The Morgan fingerprint density at radius 3 is 2.28 bits per heavy atom. The van der Waals surface area contributed by atoms with Gasteiger partial charge in [0.2, 0.25) is 0 Å². The third-order valence-electron chi connectivity index (χ3n) is 2.88. The van der Waals surface area contributed by atoms with Gasteiger partial charge >= 0.3 is 0 Å². The number of carbonyl (C=O) groups is 1. The van der Waals surface area contributed by atoms with Crippen molar-refractivity contribution in [2.45, 2.75) is 20.3 Å². The van der Waals surface area contributed by atoms with Crippen LogP contribution in [0.3, 0.4) is 0 Å². The van der Waals surface area contributed by atoms with Crippen LogP contribution in [0.5, 0.6) is 0 Å². The van der Waals surface area contributed by atoms with Crippen LogP contribution in [-0.4, -0.2) is 11.6 Å². The predicted octanol–water partition coefficient (Wildman–Crippen LogP) is 2.85. The molecule has 3 nitrogen and oxygen atoms in total. The standard InChI is InChI=1S/C12H11F3N2O/c1-3-10-6(2)12(18)17(16-10)7-4-8(13)11(15)9(14)5-7/h4-6H,3H2,1-2H3. The summed E-state index contributed by atoms with van der Waals surface area (Å²) in [6, 6.07) is 1.51. The third kappa shape index (κ3) is 1.87. The Kier molecular flexibility index (Phi) is 3.11. The lowest BCUT2D eigenvalue weighted by atomic mass is 10.0. The number of rotatable bonds is 2. The van der Waals surface area contributed by atoms with Crippen LogP contribution in [-0.2, 0) is 4.79 Å². The van der Waals surface area contributed by atoms with Gasteiger partial charge in [-0.2, -0.15) is 5.10 Å². The Labute approximate surface area is 102 Å². The highest BCUT2D eigenvalue weighted by molar-refractivity contribution is 6.15. The normalized spacial score (nSPS) is 19.4. The summed E-state index contributed by atoms with van der Waals surface area (Å²) in [6.07, 6.45) is 0.565. The van der Waals surface area contributed by atoms with Gasteiger partial charge in [0.1, 0.15) is 0 Å². The van der Waals surface area contributed by atoms with Gasteiger partial charge in [-0.25, -0.2) is 18.2 Å². The summed E-state index contributed by atoms with van der Waals surface area (Å²) in [5, 5.41) is 4.91. The van der Waals surface area contributed by atoms with E-state index in [1.165, 1.54) is 0 Å². The minimum Gasteiger partial charge on any atom is -0.272 e. The van der Waals surface area contributed by atoms with E-state index in [1.807, 2.05) is 6.92 Å². The summed E-state index contributed by atoms with van der Waals surface area (Å²) in [6.45, 7) is 3.50. The molecule has 0 radical (unpaired) electrons. The smallest absolute Gasteiger partial charge is 0.255 e. The largest absolute Gasteiger partial charge is 0.272 e. The lowest BCUT2D eigenvalue weighted by Gasteiger charge is -2.13. The minimum atomic E-state index is -1.56. The number of anilines is 1. The highest BCUT2D eigenvalue weighted by atomic mass is 19.2. The quantitative estimate of drug-likeness (QED) is 0.749. The Morgan fingerprint density at radius 2 is 1.83 bits per heavy atom. The molecule has 0 saturated carbocycles. The molecule has 6 heteroatoms. The molecule has 1 aliphatic rings. The summed E-state index contributed by atoms with van der Waals surface area (Å²) in [4.78, 5) is 11.9. The van der Waals surface area contributed by atoms with Gasteiger partial charge in [-0.15, -0.1) is 0 Å². The monoisotopic (exact) mass is 256 g/mol. The van der Waals surface area contributed by atoms with Crippen LogP contribution >= 0.6 is 0 Å². The van der Waals surface area contributed by atoms with Gasteiger partial charge in [0, 0.05) is 12.1 Å². The molecule has 0 fully saturated rings. The van der Waals surface area contributed by atoms with Crippen molar-refractivity contribution in [2.24, 2.45) is 11.0 Å². The summed E-state index contributed by atoms with van der Waals surface area (Å²) in [5.74, 6) is -5.04. The van der Waals surface area contributed by atoms with Crippen molar-refractivity contribution in [1.29, 1.82) is 0 Å². The first-order valence-corrected chi connectivity index (χ1v) is 5.51. The van der Waals surface area contributed by atoms with Crippen molar-refractivity contribution in [2.75, 3.05) is 5.01 Å². The number of hydrogen-bond acceptors (Lipinski definition) is 2. The second kappa shape index (κ2) is 4.44. The van der Waals surface area contributed by atoms with Gasteiger partial charge in [0.25, 0.3) is 5.91 Å². The number of carbonyl (C=O) groups excluding carboxylic acids is 1. The van der Waals surface area contributed by atoms with E-state index >= 15 is 0 Å². The highest BCUT2D eigenvalue weighted by Crippen LogP contribution is 2.27. The maximum absolute atomic E-state index is 13.1. The van der Waals surface area contributed by atoms with Gasteiger partial charge < -0.3 is 0 Å². The van der Waals surface area contributed by atoms with Crippen LogP contribution in [0.1, 0.15) is 20.3 Å². The predicted molar refractivity (Wildman–Crippen MR) is 60.7 cm³/mol. The average molecular weight is 256 g/mol. The first-order chi connectivity index (χ1) is 8.45.